The van der Waals surface area contributed by atoms with E-state index in [9.17, 15) is 4.79 Å². The van der Waals surface area contributed by atoms with Crippen LogP contribution in [0.5, 0.6) is 0 Å². The number of pyridine rings is 1. The number of para-hydroxylation sites is 1. The van der Waals surface area contributed by atoms with Gasteiger partial charge in [-0.25, -0.2) is 0 Å². The van der Waals surface area contributed by atoms with Crippen molar-refractivity contribution in [1.82, 2.24) is 10.3 Å². The summed E-state index contributed by atoms with van der Waals surface area (Å²) >= 11 is 6.14. The molecule has 0 fully saturated rings. The highest BCUT2D eigenvalue weighted by molar-refractivity contribution is 6.35. The molecule has 3 nitrogen and oxygen atoms in total. The molecule has 19 heavy (non-hydrogen) atoms. The quantitative estimate of drug-likeness (QED) is 0.931. The molecule has 1 heterocycles. The van der Waals surface area contributed by atoms with Gasteiger partial charge < -0.3 is 5.32 Å². The first-order valence-corrected chi connectivity index (χ1v) is 6.71. The monoisotopic (exact) mass is 276 g/mol. The Morgan fingerprint density at radius 2 is 2.16 bits per heavy atom. The number of nitrogens with one attached hydrogen (secondary N) is 1. The topological polar surface area (TPSA) is 42.0 Å². The fourth-order valence-electron chi connectivity index (χ4n) is 1.92. The number of hydrogen-bond donors (Lipinski definition) is 1. The molecular weight excluding hydrogens is 260 g/mol. The molecule has 1 amide bonds. The van der Waals surface area contributed by atoms with Gasteiger partial charge in [-0.15, -0.1) is 0 Å². The fraction of sp³-hybridized carbons (Fsp3) is 0.333. The van der Waals surface area contributed by atoms with E-state index in [1.54, 1.807) is 12.1 Å². The summed E-state index contributed by atoms with van der Waals surface area (Å²) in [5.74, 6) is 0.341. The maximum atomic E-state index is 12.2. The number of rotatable bonds is 3. The maximum Gasteiger partial charge on any atom is 0.252 e. The van der Waals surface area contributed by atoms with Crippen molar-refractivity contribution in [1.29, 1.82) is 0 Å². The van der Waals surface area contributed by atoms with Gasteiger partial charge in [0.25, 0.3) is 5.91 Å². The Hall–Kier alpha value is -1.61. The van der Waals surface area contributed by atoms with Crippen LogP contribution < -0.4 is 5.32 Å². The molecule has 0 saturated heterocycles. The minimum Gasteiger partial charge on any atom is -0.352 e. The third-order valence-corrected chi connectivity index (χ3v) is 3.14. The number of carbonyl (C=O) groups is 1. The molecule has 0 saturated carbocycles. The Kier molecular flexibility index (Phi) is 4.05. The molecule has 0 radical (unpaired) electrons. The van der Waals surface area contributed by atoms with E-state index in [2.05, 4.69) is 24.1 Å². The minimum atomic E-state index is -0.0773. The highest BCUT2D eigenvalue weighted by Crippen LogP contribution is 2.25. The number of nitrogens with zero attached hydrogens (tertiary/aromatic N) is 1. The average molecular weight is 277 g/mol. The van der Waals surface area contributed by atoms with Crippen LogP contribution in [0.2, 0.25) is 5.02 Å². The lowest BCUT2D eigenvalue weighted by molar-refractivity contribution is 0.0950. The van der Waals surface area contributed by atoms with Crippen LogP contribution in [0.4, 0.5) is 0 Å². The summed E-state index contributed by atoms with van der Waals surface area (Å²) < 4.78 is 0. The van der Waals surface area contributed by atoms with Gasteiger partial charge in [0.1, 0.15) is 0 Å². The molecule has 0 aliphatic carbocycles. The number of carbonyl (C=O) groups excluding carboxylic acids is 1. The fourth-order valence-corrected chi connectivity index (χ4v) is 2.14. The number of amides is 1. The van der Waals surface area contributed by atoms with Crippen LogP contribution in [0, 0.1) is 12.8 Å². The van der Waals surface area contributed by atoms with Crippen LogP contribution in [-0.4, -0.2) is 17.4 Å². The van der Waals surface area contributed by atoms with Crippen molar-refractivity contribution in [2.45, 2.75) is 20.8 Å². The molecular formula is C15H17ClN2O. The summed E-state index contributed by atoms with van der Waals surface area (Å²) in [5, 5.41) is 4.29. The van der Waals surface area contributed by atoms with Gasteiger partial charge in [0.15, 0.2) is 0 Å². The summed E-state index contributed by atoms with van der Waals surface area (Å²) in [6, 6.07) is 7.29. The highest BCUT2D eigenvalue weighted by atomic mass is 35.5. The van der Waals surface area contributed by atoms with Crippen molar-refractivity contribution in [2.24, 2.45) is 5.92 Å². The minimum absolute atomic E-state index is 0.0773. The number of aryl methyl sites for hydroxylation is 1. The first-order chi connectivity index (χ1) is 8.99. The van der Waals surface area contributed by atoms with E-state index in [-0.39, 0.29) is 5.91 Å². The lowest BCUT2D eigenvalue weighted by Gasteiger charge is -2.11. The standard InChI is InChI=1S/C15H17ClN2O/c1-9(2)8-17-15(19)12-7-10(3)18-14-11(12)5-4-6-13(14)16/h4-7,9H,8H2,1-3H3,(H,17,19). The summed E-state index contributed by atoms with van der Waals surface area (Å²) in [6.45, 7) is 6.64. The van der Waals surface area contributed by atoms with Crippen molar-refractivity contribution >= 4 is 28.4 Å². The Morgan fingerprint density at radius 3 is 2.84 bits per heavy atom. The van der Waals surface area contributed by atoms with Crippen molar-refractivity contribution in [3.8, 4) is 0 Å². The van der Waals surface area contributed by atoms with Crippen LogP contribution >= 0.6 is 11.6 Å². The van der Waals surface area contributed by atoms with Gasteiger partial charge in [-0.1, -0.05) is 37.6 Å². The van der Waals surface area contributed by atoms with E-state index in [0.717, 1.165) is 11.1 Å². The van der Waals surface area contributed by atoms with Crippen LogP contribution in [-0.2, 0) is 0 Å². The van der Waals surface area contributed by atoms with Gasteiger partial charge in [-0.2, -0.15) is 0 Å². The highest BCUT2D eigenvalue weighted by Gasteiger charge is 2.13. The summed E-state index contributed by atoms with van der Waals surface area (Å²) in [6.07, 6.45) is 0. The molecule has 1 aromatic heterocycles. The van der Waals surface area contributed by atoms with Crippen molar-refractivity contribution in [3.05, 3.63) is 40.5 Å². The summed E-state index contributed by atoms with van der Waals surface area (Å²) in [4.78, 5) is 16.6. The molecule has 2 aromatic rings. The van der Waals surface area contributed by atoms with E-state index >= 15 is 0 Å². The lowest BCUT2D eigenvalue weighted by atomic mass is 10.1. The molecule has 0 spiro atoms. The SMILES string of the molecule is Cc1cc(C(=O)NCC(C)C)c2cccc(Cl)c2n1. The van der Waals surface area contributed by atoms with Crippen LogP contribution in [0.15, 0.2) is 24.3 Å². The molecule has 0 bridgehead atoms. The van der Waals surface area contributed by atoms with Gasteiger partial charge in [0.2, 0.25) is 0 Å². The molecule has 0 unspecified atom stereocenters. The smallest absolute Gasteiger partial charge is 0.252 e. The molecule has 0 aliphatic rings. The molecule has 0 aliphatic heterocycles. The normalized spacial score (nSPS) is 11.0. The molecule has 0 atom stereocenters. The summed E-state index contributed by atoms with van der Waals surface area (Å²) in [7, 11) is 0. The van der Waals surface area contributed by atoms with E-state index in [1.807, 2.05) is 19.1 Å². The molecule has 2 rings (SSSR count). The predicted octanol–water partition coefficient (Wildman–Crippen LogP) is 3.58. The van der Waals surface area contributed by atoms with E-state index in [0.29, 0.717) is 28.6 Å². The maximum absolute atomic E-state index is 12.2. The predicted molar refractivity (Wildman–Crippen MR) is 78.7 cm³/mol. The Labute approximate surface area is 118 Å². The molecule has 100 valence electrons. The van der Waals surface area contributed by atoms with E-state index in [4.69, 9.17) is 11.6 Å². The number of aromatic nitrogens is 1. The number of halogens is 1. The lowest BCUT2D eigenvalue weighted by Crippen LogP contribution is -2.27. The Bertz CT molecular complexity index is 623. The second-order valence-electron chi connectivity index (χ2n) is 5.05. The average Bonchev–Trinajstić information content (AvgIpc) is 2.36. The van der Waals surface area contributed by atoms with Gasteiger partial charge in [0, 0.05) is 17.6 Å². The molecule has 1 N–H and O–H groups in total. The number of hydrogen-bond acceptors (Lipinski definition) is 2. The van der Waals surface area contributed by atoms with Crippen LogP contribution in [0.3, 0.4) is 0 Å². The first kappa shape index (κ1) is 13.8. The summed E-state index contributed by atoms with van der Waals surface area (Å²) in [5.41, 5.74) is 2.10. The van der Waals surface area contributed by atoms with Gasteiger partial charge in [-0.05, 0) is 25.0 Å². The first-order valence-electron chi connectivity index (χ1n) is 6.33. The zero-order valence-electron chi connectivity index (χ0n) is 11.3. The van der Waals surface area contributed by atoms with Crippen molar-refractivity contribution in [2.75, 3.05) is 6.54 Å². The van der Waals surface area contributed by atoms with Crippen LogP contribution in [0.25, 0.3) is 10.9 Å². The number of fused-ring (bicyclic) bond motifs is 1. The van der Waals surface area contributed by atoms with E-state index < -0.39 is 0 Å². The van der Waals surface area contributed by atoms with Gasteiger partial charge in [-0.3, -0.25) is 9.78 Å². The van der Waals surface area contributed by atoms with Gasteiger partial charge >= 0.3 is 0 Å². The Balaban J connectivity index is 2.48. The number of benzene rings is 1. The van der Waals surface area contributed by atoms with Crippen molar-refractivity contribution in [3.63, 3.8) is 0 Å². The zero-order valence-corrected chi connectivity index (χ0v) is 12.1. The molecule has 1 aromatic carbocycles. The molecule has 4 heteroatoms. The zero-order chi connectivity index (χ0) is 14.0. The third-order valence-electron chi connectivity index (χ3n) is 2.83. The Morgan fingerprint density at radius 1 is 1.42 bits per heavy atom. The second kappa shape index (κ2) is 5.57. The van der Waals surface area contributed by atoms with Crippen LogP contribution in [0.1, 0.15) is 29.9 Å². The largest absolute Gasteiger partial charge is 0.352 e. The van der Waals surface area contributed by atoms with Crippen molar-refractivity contribution < 1.29 is 4.79 Å². The van der Waals surface area contributed by atoms with E-state index in [1.165, 1.54) is 0 Å². The third kappa shape index (κ3) is 3.04. The second-order valence-corrected chi connectivity index (χ2v) is 5.46. The van der Waals surface area contributed by atoms with Gasteiger partial charge in [0.05, 0.1) is 16.1 Å².